The van der Waals surface area contributed by atoms with Crippen LogP contribution >= 0.6 is 0 Å². The molecule has 0 aliphatic carbocycles. The summed E-state index contributed by atoms with van der Waals surface area (Å²) >= 11 is 0. The molecule has 32 heavy (non-hydrogen) atoms. The maximum absolute atomic E-state index is 13.5. The minimum absolute atomic E-state index is 0.0430. The van der Waals surface area contributed by atoms with Gasteiger partial charge in [0.25, 0.3) is 17.9 Å². The van der Waals surface area contributed by atoms with Crippen molar-refractivity contribution in [1.82, 2.24) is 14.3 Å². The fourth-order valence-corrected chi connectivity index (χ4v) is 2.69. The Bertz CT molecular complexity index is 1170. The van der Waals surface area contributed by atoms with E-state index in [4.69, 9.17) is 0 Å². The first-order chi connectivity index (χ1) is 15.0. The number of pyridine rings is 1. The highest BCUT2D eigenvalue weighted by molar-refractivity contribution is 6.03. The van der Waals surface area contributed by atoms with Gasteiger partial charge in [-0.2, -0.15) is 18.3 Å². The average Bonchev–Trinajstić information content (AvgIpc) is 3.12. The van der Waals surface area contributed by atoms with Crippen LogP contribution in [0.3, 0.4) is 0 Å². The molecule has 0 spiro atoms. The van der Waals surface area contributed by atoms with E-state index in [2.05, 4.69) is 15.2 Å². The molecular weight excluding hydrogens is 446 g/mol. The summed E-state index contributed by atoms with van der Waals surface area (Å²) in [6, 6.07) is 5.04. The van der Waals surface area contributed by atoms with E-state index >= 15 is 0 Å². The van der Waals surface area contributed by atoms with Crippen LogP contribution in [0.25, 0.3) is 5.69 Å². The lowest BCUT2D eigenvalue weighted by molar-refractivity contribution is -0.153. The van der Waals surface area contributed by atoms with Crippen molar-refractivity contribution in [3.63, 3.8) is 0 Å². The van der Waals surface area contributed by atoms with Gasteiger partial charge in [0.2, 0.25) is 0 Å². The third-order valence-electron chi connectivity index (χ3n) is 3.98. The van der Waals surface area contributed by atoms with Crippen LogP contribution in [-0.2, 0) is 6.54 Å². The van der Waals surface area contributed by atoms with E-state index < -0.39 is 54.4 Å². The summed E-state index contributed by atoms with van der Waals surface area (Å²) in [5.41, 5.74) is -1.53. The van der Waals surface area contributed by atoms with Crippen LogP contribution in [0.15, 0.2) is 53.7 Å². The van der Waals surface area contributed by atoms with Gasteiger partial charge in [-0.15, -0.1) is 0 Å². The molecular formula is C19H14F6N4O3. The van der Waals surface area contributed by atoms with Crippen molar-refractivity contribution in [2.75, 3.05) is 11.9 Å². The maximum atomic E-state index is 13.5. The summed E-state index contributed by atoms with van der Waals surface area (Å²) in [7, 11) is 0. The molecule has 1 N–H and O–H groups in total. The molecule has 2 aromatic heterocycles. The number of carbonyl (C=O) groups excluding carboxylic acids is 1. The summed E-state index contributed by atoms with van der Waals surface area (Å²) in [5, 5.41) is 5.97. The molecule has 0 unspecified atom stereocenters. The number of anilines is 1. The lowest BCUT2D eigenvalue weighted by Crippen LogP contribution is -2.28. The highest BCUT2D eigenvalue weighted by atomic mass is 19.4. The Labute approximate surface area is 175 Å². The first kappa shape index (κ1) is 22.9. The number of alkyl halides is 5. The number of aromatic nitrogens is 3. The minimum atomic E-state index is -4.70. The van der Waals surface area contributed by atoms with Crippen LogP contribution in [0.5, 0.6) is 5.75 Å². The first-order valence-electron chi connectivity index (χ1n) is 8.86. The number of amides is 1. The standard InChI is InChI=1S/C19H14F6N4O3/c20-11-3-4-14(15(6-11)32-10-19(23,24)25)29-5-1-2-13(18(29)31)17(30)27-12-7-26-28(8-12)9-16(21)22/h1-8,16H,9-10H2,(H,27,30). The Hall–Kier alpha value is -3.77. The van der Waals surface area contributed by atoms with Gasteiger partial charge in [0.05, 0.1) is 17.6 Å². The third-order valence-corrected chi connectivity index (χ3v) is 3.98. The SMILES string of the molecule is O=C(Nc1cnn(CC(F)F)c1)c1cccn(-c2ccc(F)cc2OCC(F)(F)F)c1=O. The lowest BCUT2D eigenvalue weighted by atomic mass is 10.2. The molecule has 2 heterocycles. The summed E-state index contributed by atoms with van der Waals surface area (Å²) in [6.07, 6.45) is -3.97. The molecule has 170 valence electrons. The van der Waals surface area contributed by atoms with Gasteiger partial charge in [-0.05, 0) is 24.3 Å². The van der Waals surface area contributed by atoms with Crippen molar-refractivity contribution in [3.05, 3.63) is 70.7 Å². The number of nitrogens with zero attached hydrogens (tertiary/aromatic N) is 3. The number of nitrogens with one attached hydrogen (secondary N) is 1. The van der Waals surface area contributed by atoms with Gasteiger partial charge in [-0.25, -0.2) is 13.2 Å². The molecule has 0 saturated heterocycles. The van der Waals surface area contributed by atoms with Crippen molar-refractivity contribution >= 4 is 11.6 Å². The second-order valence-corrected chi connectivity index (χ2v) is 6.41. The van der Waals surface area contributed by atoms with E-state index in [0.717, 1.165) is 46.0 Å². The van der Waals surface area contributed by atoms with Gasteiger partial charge in [-0.1, -0.05) is 0 Å². The van der Waals surface area contributed by atoms with Crippen molar-refractivity contribution in [2.45, 2.75) is 19.1 Å². The molecule has 13 heteroatoms. The van der Waals surface area contributed by atoms with Gasteiger partial charge in [-0.3, -0.25) is 18.8 Å². The van der Waals surface area contributed by atoms with Crippen LogP contribution in [0.1, 0.15) is 10.4 Å². The molecule has 1 amide bonds. The number of carbonyl (C=O) groups is 1. The number of benzene rings is 1. The predicted molar refractivity (Wildman–Crippen MR) is 99.7 cm³/mol. The zero-order valence-corrected chi connectivity index (χ0v) is 15.9. The monoisotopic (exact) mass is 460 g/mol. The van der Waals surface area contributed by atoms with E-state index in [1.807, 2.05) is 0 Å². The Morgan fingerprint density at radius 2 is 1.97 bits per heavy atom. The molecule has 0 bridgehead atoms. The highest BCUT2D eigenvalue weighted by Crippen LogP contribution is 2.26. The fourth-order valence-electron chi connectivity index (χ4n) is 2.69. The highest BCUT2D eigenvalue weighted by Gasteiger charge is 2.29. The Kier molecular flexibility index (Phi) is 6.55. The summed E-state index contributed by atoms with van der Waals surface area (Å²) < 4.78 is 82.2. The zero-order valence-electron chi connectivity index (χ0n) is 15.9. The topological polar surface area (TPSA) is 78.2 Å². The Morgan fingerprint density at radius 1 is 1.22 bits per heavy atom. The summed E-state index contributed by atoms with van der Waals surface area (Å²) in [6.45, 7) is -2.42. The van der Waals surface area contributed by atoms with Crippen molar-refractivity contribution in [1.29, 1.82) is 0 Å². The molecule has 0 radical (unpaired) electrons. The fraction of sp³-hybridized carbons (Fsp3) is 0.211. The molecule has 0 saturated carbocycles. The summed E-state index contributed by atoms with van der Waals surface area (Å²) in [5.74, 6) is -2.37. The van der Waals surface area contributed by atoms with Gasteiger partial charge in [0, 0.05) is 18.5 Å². The van der Waals surface area contributed by atoms with Gasteiger partial charge in [0.15, 0.2) is 6.61 Å². The van der Waals surface area contributed by atoms with Crippen molar-refractivity contribution < 1.29 is 35.9 Å². The zero-order chi connectivity index (χ0) is 23.5. The van der Waals surface area contributed by atoms with Crippen LogP contribution < -0.4 is 15.6 Å². The molecule has 3 aromatic rings. The van der Waals surface area contributed by atoms with Gasteiger partial charge >= 0.3 is 6.18 Å². The normalized spacial score (nSPS) is 11.6. The van der Waals surface area contributed by atoms with Crippen LogP contribution in [0.2, 0.25) is 0 Å². The van der Waals surface area contributed by atoms with E-state index in [1.54, 1.807) is 0 Å². The van der Waals surface area contributed by atoms with Crippen molar-refractivity contribution in [2.24, 2.45) is 0 Å². The van der Waals surface area contributed by atoms with E-state index in [9.17, 15) is 35.9 Å². The minimum Gasteiger partial charge on any atom is -0.482 e. The van der Waals surface area contributed by atoms with Gasteiger partial charge < -0.3 is 10.1 Å². The molecule has 1 aromatic carbocycles. The van der Waals surface area contributed by atoms with Crippen LogP contribution in [-0.4, -0.2) is 39.5 Å². The predicted octanol–water partition coefficient (Wildman–Crippen LogP) is 3.63. The third kappa shape index (κ3) is 5.68. The average molecular weight is 460 g/mol. The van der Waals surface area contributed by atoms with E-state index in [0.29, 0.717) is 6.07 Å². The van der Waals surface area contributed by atoms with Crippen LogP contribution in [0, 0.1) is 5.82 Å². The number of ether oxygens (including phenoxy) is 1. The smallest absolute Gasteiger partial charge is 0.422 e. The molecule has 0 aliphatic rings. The number of hydrogen-bond acceptors (Lipinski definition) is 4. The summed E-state index contributed by atoms with van der Waals surface area (Å²) in [4.78, 5) is 25.3. The van der Waals surface area contributed by atoms with E-state index in [-0.39, 0.29) is 11.4 Å². The maximum Gasteiger partial charge on any atom is 0.422 e. The largest absolute Gasteiger partial charge is 0.482 e. The number of rotatable bonds is 7. The number of halogens is 6. The molecule has 0 fully saturated rings. The Morgan fingerprint density at radius 3 is 2.66 bits per heavy atom. The van der Waals surface area contributed by atoms with Gasteiger partial charge in [0.1, 0.15) is 23.7 Å². The second-order valence-electron chi connectivity index (χ2n) is 6.41. The molecule has 0 atom stereocenters. The Balaban J connectivity index is 1.90. The van der Waals surface area contributed by atoms with E-state index in [1.165, 1.54) is 6.07 Å². The second kappa shape index (κ2) is 9.16. The lowest BCUT2D eigenvalue weighted by Gasteiger charge is -2.15. The molecule has 7 nitrogen and oxygen atoms in total. The van der Waals surface area contributed by atoms with Crippen molar-refractivity contribution in [3.8, 4) is 11.4 Å². The quantitative estimate of drug-likeness (QED) is 0.547. The first-order valence-corrected chi connectivity index (χ1v) is 8.86. The molecule has 3 rings (SSSR count). The van der Waals surface area contributed by atoms with Crippen LogP contribution in [0.4, 0.5) is 32.0 Å². The number of hydrogen-bond donors (Lipinski definition) is 1. The molecule has 0 aliphatic heterocycles.